The summed E-state index contributed by atoms with van der Waals surface area (Å²) in [5.41, 5.74) is 0.212. The first-order valence-corrected chi connectivity index (χ1v) is 8.94. The molecule has 0 amide bonds. The molecule has 0 aliphatic heterocycles. The van der Waals surface area contributed by atoms with Gasteiger partial charge in [-0.05, 0) is 18.2 Å². The first-order chi connectivity index (χ1) is 9.65. The molecule has 0 radical (unpaired) electrons. The molecule has 7 heteroatoms. The van der Waals surface area contributed by atoms with Crippen molar-refractivity contribution in [1.82, 2.24) is 4.72 Å². The van der Waals surface area contributed by atoms with Crippen LogP contribution in [-0.2, 0) is 14.8 Å². The van der Waals surface area contributed by atoms with Crippen molar-refractivity contribution in [2.24, 2.45) is 0 Å². The zero-order valence-electron chi connectivity index (χ0n) is 12.7. The normalized spacial score (nSPS) is 12.2. The second-order valence-corrected chi connectivity index (χ2v) is 9.07. The van der Waals surface area contributed by atoms with Crippen molar-refractivity contribution < 1.29 is 17.9 Å². The van der Waals surface area contributed by atoms with E-state index in [4.69, 9.17) is 0 Å². The molecule has 118 valence electrons. The maximum atomic E-state index is 12.1. The summed E-state index contributed by atoms with van der Waals surface area (Å²) >= 11 is 1.68. The van der Waals surface area contributed by atoms with Crippen molar-refractivity contribution in [3.05, 3.63) is 29.8 Å². The molecule has 5 nitrogen and oxygen atoms in total. The Morgan fingerprint density at radius 1 is 1.33 bits per heavy atom. The van der Waals surface area contributed by atoms with Crippen LogP contribution in [0.15, 0.2) is 29.2 Å². The molecule has 0 saturated carbocycles. The van der Waals surface area contributed by atoms with E-state index in [9.17, 15) is 13.2 Å². The van der Waals surface area contributed by atoms with Gasteiger partial charge in [-0.25, -0.2) is 17.9 Å². The van der Waals surface area contributed by atoms with Crippen LogP contribution in [0.1, 0.15) is 31.1 Å². The van der Waals surface area contributed by atoms with E-state index in [2.05, 4.69) is 30.2 Å². The van der Waals surface area contributed by atoms with Gasteiger partial charge in [0, 0.05) is 17.0 Å². The molecule has 0 aromatic heterocycles. The Hall–Kier alpha value is -1.05. The summed E-state index contributed by atoms with van der Waals surface area (Å²) in [5.74, 6) is 0.120. The molecule has 0 aliphatic carbocycles. The number of benzene rings is 1. The molecular weight excluding hydrogens is 310 g/mol. The van der Waals surface area contributed by atoms with Crippen LogP contribution in [0.2, 0.25) is 0 Å². The van der Waals surface area contributed by atoms with Gasteiger partial charge in [0.05, 0.1) is 17.6 Å². The van der Waals surface area contributed by atoms with Crippen LogP contribution in [0.4, 0.5) is 0 Å². The van der Waals surface area contributed by atoms with Gasteiger partial charge in [-0.3, -0.25) is 0 Å². The first kappa shape index (κ1) is 18.0. The minimum absolute atomic E-state index is 0.0613. The van der Waals surface area contributed by atoms with Crippen LogP contribution in [0, 0.1) is 0 Å². The van der Waals surface area contributed by atoms with Gasteiger partial charge in [-0.15, -0.1) is 0 Å². The molecule has 0 aliphatic rings. The maximum absolute atomic E-state index is 12.1. The lowest BCUT2D eigenvalue weighted by atomic mass is 10.2. The summed E-state index contributed by atoms with van der Waals surface area (Å²) in [4.78, 5) is 11.5. The Kier molecular flexibility index (Phi) is 6.24. The van der Waals surface area contributed by atoms with E-state index < -0.39 is 16.0 Å². The predicted molar refractivity (Wildman–Crippen MR) is 85.2 cm³/mol. The molecule has 1 aromatic carbocycles. The molecule has 0 spiro atoms. The monoisotopic (exact) mass is 331 g/mol. The highest BCUT2D eigenvalue weighted by Crippen LogP contribution is 2.22. The summed E-state index contributed by atoms with van der Waals surface area (Å²) in [6.07, 6.45) is 0. The molecule has 1 rings (SSSR count). The molecule has 0 unspecified atom stereocenters. The maximum Gasteiger partial charge on any atom is 0.337 e. The van der Waals surface area contributed by atoms with Gasteiger partial charge in [0.25, 0.3) is 0 Å². The van der Waals surface area contributed by atoms with Crippen molar-refractivity contribution in [3.63, 3.8) is 0 Å². The van der Waals surface area contributed by atoms with E-state index in [1.165, 1.54) is 31.4 Å². The predicted octanol–water partition coefficient (Wildman–Crippen LogP) is 2.28. The molecule has 1 aromatic rings. The SMILES string of the molecule is COC(=O)c1cccc(S(=O)(=O)NCCSC(C)(C)C)c1. The third kappa shape index (κ3) is 6.07. The summed E-state index contributed by atoms with van der Waals surface area (Å²) < 4.78 is 31.5. The zero-order valence-corrected chi connectivity index (χ0v) is 14.3. The van der Waals surface area contributed by atoms with Crippen LogP contribution < -0.4 is 4.72 Å². The molecule has 0 bridgehead atoms. The van der Waals surface area contributed by atoms with Gasteiger partial charge in [-0.1, -0.05) is 26.8 Å². The largest absolute Gasteiger partial charge is 0.465 e. The smallest absolute Gasteiger partial charge is 0.337 e. The van der Waals surface area contributed by atoms with Crippen LogP contribution in [0.3, 0.4) is 0 Å². The lowest BCUT2D eigenvalue weighted by molar-refractivity contribution is 0.0600. The van der Waals surface area contributed by atoms with Gasteiger partial charge in [0.2, 0.25) is 10.0 Å². The quantitative estimate of drug-likeness (QED) is 0.639. The van der Waals surface area contributed by atoms with Crippen molar-refractivity contribution in [3.8, 4) is 0 Å². The second kappa shape index (κ2) is 7.29. The number of carbonyl (C=O) groups excluding carboxylic acids is 1. The first-order valence-electron chi connectivity index (χ1n) is 6.48. The molecule has 1 N–H and O–H groups in total. The highest BCUT2D eigenvalue weighted by atomic mass is 32.2. The number of carbonyl (C=O) groups is 1. The van der Waals surface area contributed by atoms with Gasteiger partial charge in [-0.2, -0.15) is 11.8 Å². The van der Waals surface area contributed by atoms with Crippen molar-refractivity contribution in [2.75, 3.05) is 19.4 Å². The number of hydrogen-bond donors (Lipinski definition) is 1. The Morgan fingerprint density at radius 3 is 2.57 bits per heavy atom. The van der Waals surface area contributed by atoms with Crippen LogP contribution in [-0.4, -0.2) is 38.5 Å². The van der Waals surface area contributed by atoms with Crippen molar-refractivity contribution >= 4 is 27.8 Å². The third-order valence-corrected chi connectivity index (χ3v) is 5.23. The fourth-order valence-electron chi connectivity index (χ4n) is 1.52. The zero-order chi connectivity index (χ0) is 16.1. The van der Waals surface area contributed by atoms with Crippen molar-refractivity contribution in [2.45, 2.75) is 30.4 Å². The summed E-state index contributed by atoms with van der Waals surface area (Å²) in [6.45, 7) is 6.57. The molecule has 0 fully saturated rings. The van der Waals surface area contributed by atoms with Gasteiger partial charge in [0.15, 0.2) is 0 Å². The number of ether oxygens (including phenoxy) is 1. The fourth-order valence-corrected chi connectivity index (χ4v) is 3.55. The number of methoxy groups -OCH3 is 1. The average molecular weight is 331 g/mol. The Bertz CT molecular complexity index is 591. The van der Waals surface area contributed by atoms with E-state index in [0.717, 1.165) is 0 Å². The number of hydrogen-bond acceptors (Lipinski definition) is 5. The number of nitrogens with one attached hydrogen (secondary N) is 1. The number of rotatable bonds is 6. The molecule has 0 saturated heterocycles. The third-order valence-electron chi connectivity index (χ3n) is 2.49. The minimum Gasteiger partial charge on any atom is -0.465 e. The Morgan fingerprint density at radius 2 is 2.00 bits per heavy atom. The van der Waals surface area contributed by atoms with Gasteiger partial charge < -0.3 is 4.74 Å². The lowest BCUT2D eigenvalue weighted by Gasteiger charge is -2.17. The fraction of sp³-hybridized carbons (Fsp3) is 0.500. The standard InChI is InChI=1S/C14H21NO4S2/c1-14(2,3)20-9-8-15-21(17,18)12-7-5-6-11(10-12)13(16)19-4/h5-7,10,15H,8-9H2,1-4H3. The van der Waals surface area contributed by atoms with E-state index in [1.54, 1.807) is 11.8 Å². The average Bonchev–Trinajstić information content (AvgIpc) is 2.42. The Balaban J connectivity index is 2.72. The molecular formula is C14H21NO4S2. The molecule has 21 heavy (non-hydrogen) atoms. The Labute approximate surface area is 130 Å². The number of thioether (sulfide) groups is 1. The van der Waals surface area contributed by atoms with Crippen LogP contribution >= 0.6 is 11.8 Å². The number of sulfonamides is 1. The summed E-state index contributed by atoms with van der Waals surface area (Å²) in [6, 6.07) is 5.79. The topological polar surface area (TPSA) is 72.5 Å². The van der Waals surface area contributed by atoms with Crippen LogP contribution in [0.5, 0.6) is 0 Å². The van der Waals surface area contributed by atoms with E-state index >= 15 is 0 Å². The van der Waals surface area contributed by atoms with Crippen molar-refractivity contribution in [1.29, 1.82) is 0 Å². The molecule has 0 atom stereocenters. The van der Waals surface area contributed by atoms with Gasteiger partial charge >= 0.3 is 5.97 Å². The second-order valence-electron chi connectivity index (χ2n) is 5.38. The van der Waals surface area contributed by atoms with E-state index in [-0.39, 0.29) is 15.2 Å². The van der Waals surface area contributed by atoms with Gasteiger partial charge in [0.1, 0.15) is 0 Å². The summed E-state index contributed by atoms with van der Waals surface area (Å²) in [5, 5.41) is 0. The minimum atomic E-state index is -3.61. The highest BCUT2D eigenvalue weighted by Gasteiger charge is 2.17. The van der Waals surface area contributed by atoms with E-state index in [0.29, 0.717) is 12.3 Å². The highest BCUT2D eigenvalue weighted by molar-refractivity contribution is 8.00. The lowest BCUT2D eigenvalue weighted by Crippen LogP contribution is -2.27. The number of esters is 1. The van der Waals surface area contributed by atoms with E-state index in [1.807, 2.05) is 0 Å². The molecule has 0 heterocycles. The summed E-state index contributed by atoms with van der Waals surface area (Å²) in [7, 11) is -2.36. The van der Waals surface area contributed by atoms with Crippen LogP contribution in [0.25, 0.3) is 0 Å².